The van der Waals surface area contributed by atoms with Crippen molar-refractivity contribution in [3.05, 3.63) is 32.8 Å². The first kappa shape index (κ1) is 11.7. The summed E-state index contributed by atoms with van der Waals surface area (Å²) in [5.41, 5.74) is 5.01. The van der Waals surface area contributed by atoms with E-state index in [0.717, 1.165) is 0 Å². The highest BCUT2D eigenvalue weighted by molar-refractivity contribution is 6.34. The number of nitrogens with zero attached hydrogens (tertiary/aromatic N) is 1. The molecule has 0 aliphatic heterocycles. The van der Waals surface area contributed by atoms with Crippen molar-refractivity contribution in [2.24, 2.45) is 0 Å². The van der Waals surface area contributed by atoms with Crippen molar-refractivity contribution in [2.75, 3.05) is 11.6 Å². The molecule has 0 aliphatic rings. The number of Topliss-reactive ketones (excluding diaryl/α,β-unsaturated/α-hetero) is 1. The first-order chi connectivity index (χ1) is 6.97. The summed E-state index contributed by atoms with van der Waals surface area (Å²) in [6.45, 7) is 0. The van der Waals surface area contributed by atoms with Crippen molar-refractivity contribution in [2.45, 2.75) is 0 Å². The van der Waals surface area contributed by atoms with E-state index in [2.05, 4.69) is 0 Å². The van der Waals surface area contributed by atoms with Crippen LogP contribution >= 0.6 is 23.2 Å². The van der Waals surface area contributed by atoms with Gasteiger partial charge >= 0.3 is 5.69 Å². The number of alkyl halides is 1. The molecule has 1 aromatic rings. The molecule has 7 heteroatoms. The van der Waals surface area contributed by atoms with Crippen LogP contribution in [0.25, 0.3) is 0 Å². The second-order valence-corrected chi connectivity index (χ2v) is 3.38. The Labute approximate surface area is 94.9 Å². The number of nitro groups is 1. The summed E-state index contributed by atoms with van der Waals surface area (Å²) in [7, 11) is 0. The van der Waals surface area contributed by atoms with E-state index in [-0.39, 0.29) is 27.9 Å². The van der Waals surface area contributed by atoms with Crippen molar-refractivity contribution in [3.63, 3.8) is 0 Å². The average molecular weight is 249 g/mol. The van der Waals surface area contributed by atoms with Crippen molar-refractivity contribution in [1.82, 2.24) is 0 Å². The highest BCUT2D eigenvalue weighted by Gasteiger charge is 2.19. The Morgan fingerprint density at radius 1 is 1.53 bits per heavy atom. The zero-order valence-electron chi connectivity index (χ0n) is 7.37. The van der Waals surface area contributed by atoms with Crippen LogP contribution in [0.15, 0.2) is 12.1 Å². The second-order valence-electron chi connectivity index (χ2n) is 2.71. The van der Waals surface area contributed by atoms with E-state index in [0.29, 0.717) is 0 Å². The number of benzene rings is 1. The maximum Gasteiger partial charge on any atom is 0.310 e. The Morgan fingerprint density at radius 2 is 2.13 bits per heavy atom. The van der Waals surface area contributed by atoms with Gasteiger partial charge in [-0.3, -0.25) is 14.9 Å². The molecule has 0 fully saturated rings. The molecule has 0 saturated carbocycles. The quantitative estimate of drug-likeness (QED) is 0.292. The molecule has 1 rings (SSSR count). The largest absolute Gasteiger partial charge is 0.393 e. The van der Waals surface area contributed by atoms with Gasteiger partial charge in [-0.15, -0.1) is 11.6 Å². The molecule has 0 heterocycles. The van der Waals surface area contributed by atoms with Crippen LogP contribution in [-0.2, 0) is 0 Å². The molecule has 0 amide bonds. The summed E-state index contributed by atoms with van der Waals surface area (Å²) in [4.78, 5) is 21.0. The van der Waals surface area contributed by atoms with Crippen molar-refractivity contribution in [1.29, 1.82) is 0 Å². The second kappa shape index (κ2) is 4.46. The SMILES string of the molecule is Nc1cc(C(=O)CCl)cc(Cl)c1[N+](=O)[O-]. The lowest BCUT2D eigenvalue weighted by atomic mass is 10.1. The molecule has 80 valence electrons. The number of carbonyl (C=O) groups is 1. The number of carbonyl (C=O) groups excluding carboxylic acids is 1. The molecule has 1 aromatic carbocycles. The maximum absolute atomic E-state index is 11.2. The number of anilines is 1. The summed E-state index contributed by atoms with van der Waals surface area (Å²) in [6, 6.07) is 2.37. The Kier molecular flexibility index (Phi) is 3.49. The van der Waals surface area contributed by atoms with Gasteiger partial charge in [-0.2, -0.15) is 0 Å². The fourth-order valence-corrected chi connectivity index (χ4v) is 1.50. The van der Waals surface area contributed by atoms with Gasteiger partial charge in [0.05, 0.1) is 10.8 Å². The third-order valence-corrected chi connectivity index (χ3v) is 2.25. The predicted octanol–water partition coefficient (Wildman–Crippen LogP) is 2.25. The molecule has 15 heavy (non-hydrogen) atoms. The molecule has 0 radical (unpaired) electrons. The molecule has 0 aromatic heterocycles. The molecular formula is C8H6Cl2N2O3. The number of hydrogen-bond acceptors (Lipinski definition) is 4. The molecule has 0 saturated heterocycles. The Bertz CT molecular complexity index is 411. The van der Waals surface area contributed by atoms with Crippen molar-refractivity contribution >= 4 is 40.4 Å². The third kappa shape index (κ3) is 2.37. The molecule has 0 atom stereocenters. The monoisotopic (exact) mass is 248 g/mol. The van der Waals surface area contributed by atoms with E-state index >= 15 is 0 Å². The first-order valence-electron chi connectivity index (χ1n) is 3.80. The van der Waals surface area contributed by atoms with Crippen LogP contribution in [0.1, 0.15) is 10.4 Å². The minimum absolute atomic E-state index is 0.152. The van der Waals surface area contributed by atoms with E-state index in [9.17, 15) is 14.9 Å². The summed E-state index contributed by atoms with van der Waals surface area (Å²) < 4.78 is 0. The van der Waals surface area contributed by atoms with Crippen LogP contribution in [0.2, 0.25) is 5.02 Å². The van der Waals surface area contributed by atoms with Gasteiger partial charge < -0.3 is 5.73 Å². The van der Waals surface area contributed by atoms with Gasteiger partial charge in [0.2, 0.25) is 0 Å². The van der Waals surface area contributed by atoms with E-state index in [1.54, 1.807) is 0 Å². The highest BCUT2D eigenvalue weighted by Crippen LogP contribution is 2.32. The van der Waals surface area contributed by atoms with Gasteiger partial charge in [-0.25, -0.2) is 0 Å². The third-order valence-electron chi connectivity index (χ3n) is 1.72. The number of nitrogens with two attached hydrogens (primary N) is 1. The van der Waals surface area contributed by atoms with Crippen LogP contribution in [0, 0.1) is 10.1 Å². The summed E-state index contributed by atoms with van der Waals surface area (Å²) in [5, 5.41) is 10.4. The van der Waals surface area contributed by atoms with Crippen LogP contribution in [0.5, 0.6) is 0 Å². The molecular weight excluding hydrogens is 243 g/mol. The fraction of sp³-hybridized carbons (Fsp3) is 0.125. The van der Waals surface area contributed by atoms with Gasteiger partial charge in [-0.05, 0) is 12.1 Å². The smallest absolute Gasteiger partial charge is 0.310 e. The normalized spacial score (nSPS) is 10.0. The van der Waals surface area contributed by atoms with Gasteiger partial charge in [0.25, 0.3) is 0 Å². The van der Waals surface area contributed by atoms with E-state index < -0.39 is 10.6 Å². The number of nitro benzene ring substituents is 1. The van der Waals surface area contributed by atoms with Crippen molar-refractivity contribution in [3.8, 4) is 0 Å². The van der Waals surface area contributed by atoms with E-state index in [4.69, 9.17) is 28.9 Å². The molecule has 0 spiro atoms. The number of ketones is 1. The highest BCUT2D eigenvalue weighted by atomic mass is 35.5. The van der Waals surface area contributed by atoms with Crippen LogP contribution in [-0.4, -0.2) is 16.6 Å². The molecule has 2 N–H and O–H groups in total. The van der Waals surface area contributed by atoms with Gasteiger partial charge in [0.15, 0.2) is 5.78 Å². The molecule has 5 nitrogen and oxygen atoms in total. The number of halogens is 2. The van der Waals surface area contributed by atoms with Gasteiger partial charge in [-0.1, -0.05) is 11.6 Å². The lowest BCUT2D eigenvalue weighted by molar-refractivity contribution is -0.383. The van der Waals surface area contributed by atoms with E-state index in [1.807, 2.05) is 0 Å². The lowest BCUT2D eigenvalue weighted by Crippen LogP contribution is -2.04. The number of rotatable bonds is 3. The summed E-state index contributed by atoms with van der Waals surface area (Å²) in [5.74, 6) is -0.617. The van der Waals surface area contributed by atoms with Crippen LogP contribution < -0.4 is 5.73 Å². The zero-order chi connectivity index (χ0) is 11.6. The first-order valence-corrected chi connectivity index (χ1v) is 4.71. The Hall–Kier alpha value is -1.33. The van der Waals surface area contributed by atoms with Crippen LogP contribution in [0.4, 0.5) is 11.4 Å². The van der Waals surface area contributed by atoms with Gasteiger partial charge in [0.1, 0.15) is 10.7 Å². The zero-order valence-corrected chi connectivity index (χ0v) is 8.88. The number of nitrogen functional groups attached to an aromatic ring is 1. The summed E-state index contributed by atoms with van der Waals surface area (Å²) >= 11 is 10.9. The average Bonchev–Trinajstić information content (AvgIpc) is 2.14. The molecule has 0 unspecified atom stereocenters. The topological polar surface area (TPSA) is 86.2 Å². The lowest BCUT2D eigenvalue weighted by Gasteiger charge is -2.02. The minimum Gasteiger partial charge on any atom is -0.393 e. The number of hydrogen-bond donors (Lipinski definition) is 1. The standard InChI is InChI=1S/C8H6Cl2N2O3/c9-3-7(13)4-1-5(10)8(12(14)15)6(11)2-4/h1-2H,3,11H2. The molecule has 0 aliphatic carbocycles. The van der Waals surface area contributed by atoms with Crippen LogP contribution in [0.3, 0.4) is 0 Å². The van der Waals surface area contributed by atoms with Crippen molar-refractivity contribution < 1.29 is 9.72 Å². The molecule has 0 bridgehead atoms. The minimum atomic E-state index is -0.702. The van der Waals surface area contributed by atoms with E-state index in [1.165, 1.54) is 12.1 Å². The van der Waals surface area contributed by atoms with Gasteiger partial charge in [0, 0.05) is 5.56 Å². The summed E-state index contributed by atoms with van der Waals surface area (Å²) in [6.07, 6.45) is 0. The fourth-order valence-electron chi connectivity index (χ4n) is 1.05. The maximum atomic E-state index is 11.2. The predicted molar refractivity (Wildman–Crippen MR) is 57.6 cm³/mol. The Balaban J connectivity index is 3.31. The Morgan fingerprint density at radius 3 is 2.53 bits per heavy atom.